The van der Waals surface area contributed by atoms with Gasteiger partial charge in [-0.15, -0.1) is 0 Å². The van der Waals surface area contributed by atoms with Crippen LogP contribution in [0.3, 0.4) is 0 Å². The Balaban J connectivity index is 4.08. The van der Waals surface area contributed by atoms with Crippen LogP contribution in [0.1, 0.15) is 20.8 Å². The van der Waals surface area contributed by atoms with Crippen molar-refractivity contribution in [3.05, 3.63) is 0 Å². The molecule has 2 amide bonds. The number of urea groups is 1. The smallest absolute Gasteiger partial charge is 0.322 e. The van der Waals surface area contributed by atoms with Crippen LogP contribution in [0.2, 0.25) is 0 Å². The average molecular weight is 145 g/mol. The maximum atomic E-state index is 10.8. The zero-order valence-corrected chi connectivity index (χ0v) is 6.93. The summed E-state index contributed by atoms with van der Waals surface area (Å²) in [7, 11) is 1.70. The fraction of sp³-hybridized carbons (Fsp3) is 0.833. The summed E-state index contributed by atoms with van der Waals surface area (Å²) in [6, 6.07) is -0.271. The second-order valence-corrected chi connectivity index (χ2v) is 3.18. The van der Waals surface area contributed by atoms with E-state index >= 15 is 0 Å². The molecular weight excluding hydrogens is 130 g/mol. The fourth-order valence-electron chi connectivity index (χ4n) is 0.401. The summed E-state index contributed by atoms with van der Waals surface area (Å²) < 4.78 is 0. The number of hydrogen-bond acceptors (Lipinski definition) is 2. The predicted molar refractivity (Wildman–Crippen MR) is 40.2 cm³/mol. The molecular formula is C6H15N3O. The first kappa shape index (κ1) is 9.23. The third-order valence-electron chi connectivity index (χ3n) is 1.43. The Morgan fingerprint density at radius 2 is 1.90 bits per heavy atom. The third-order valence-corrected chi connectivity index (χ3v) is 1.43. The molecule has 0 fully saturated rings. The molecule has 0 aliphatic heterocycles. The molecule has 0 rings (SSSR count). The highest BCUT2D eigenvalue weighted by Gasteiger charge is 2.20. The Kier molecular flexibility index (Phi) is 2.65. The number of amides is 2. The summed E-state index contributed by atoms with van der Waals surface area (Å²) >= 11 is 0. The topological polar surface area (TPSA) is 58.4 Å². The molecule has 4 heteroatoms. The Morgan fingerprint density at radius 1 is 1.50 bits per heavy atom. The number of hydrogen-bond donors (Lipinski definition) is 2. The summed E-state index contributed by atoms with van der Waals surface area (Å²) in [4.78, 5) is 12.4. The van der Waals surface area contributed by atoms with E-state index in [0.717, 1.165) is 0 Å². The first-order valence-electron chi connectivity index (χ1n) is 3.14. The molecule has 0 saturated carbocycles. The molecule has 0 radical (unpaired) electrons. The van der Waals surface area contributed by atoms with Gasteiger partial charge in [0.25, 0.3) is 0 Å². The minimum atomic E-state index is -0.271. The lowest BCUT2D eigenvalue weighted by Gasteiger charge is -2.31. The number of carbonyl (C=O) groups is 1. The van der Waals surface area contributed by atoms with Crippen molar-refractivity contribution in [3.8, 4) is 0 Å². The summed E-state index contributed by atoms with van der Waals surface area (Å²) in [6.45, 7) is 5.80. The molecule has 0 aliphatic carbocycles. The SMILES string of the molecule is CN(C(=O)NN)C(C)(C)C. The van der Waals surface area contributed by atoms with E-state index in [0.29, 0.717) is 0 Å². The van der Waals surface area contributed by atoms with Crippen LogP contribution < -0.4 is 11.3 Å². The number of carbonyl (C=O) groups excluding carboxylic acids is 1. The van der Waals surface area contributed by atoms with Gasteiger partial charge in [-0.05, 0) is 20.8 Å². The second kappa shape index (κ2) is 2.88. The van der Waals surface area contributed by atoms with Crippen LogP contribution in [0.15, 0.2) is 0 Å². The zero-order valence-electron chi connectivity index (χ0n) is 6.93. The van der Waals surface area contributed by atoms with E-state index in [-0.39, 0.29) is 11.6 Å². The zero-order chi connectivity index (χ0) is 8.36. The van der Waals surface area contributed by atoms with Crippen LogP contribution in [0.4, 0.5) is 4.79 Å². The maximum Gasteiger partial charge on any atom is 0.331 e. The number of nitrogens with zero attached hydrogens (tertiary/aromatic N) is 1. The lowest BCUT2D eigenvalue weighted by Crippen LogP contribution is -2.49. The van der Waals surface area contributed by atoms with Crippen molar-refractivity contribution in [2.24, 2.45) is 5.84 Å². The summed E-state index contributed by atoms with van der Waals surface area (Å²) in [5.41, 5.74) is 1.88. The lowest BCUT2D eigenvalue weighted by atomic mass is 10.1. The van der Waals surface area contributed by atoms with Gasteiger partial charge >= 0.3 is 6.03 Å². The van der Waals surface area contributed by atoms with E-state index in [2.05, 4.69) is 5.43 Å². The molecule has 60 valence electrons. The number of nitrogens with one attached hydrogen (secondary N) is 1. The number of nitrogens with two attached hydrogens (primary N) is 1. The molecule has 0 bridgehead atoms. The van der Waals surface area contributed by atoms with E-state index in [9.17, 15) is 4.79 Å². The van der Waals surface area contributed by atoms with Crippen LogP contribution in [0.25, 0.3) is 0 Å². The van der Waals surface area contributed by atoms with Gasteiger partial charge in [0.15, 0.2) is 0 Å². The van der Waals surface area contributed by atoms with Gasteiger partial charge in [-0.3, -0.25) is 5.43 Å². The van der Waals surface area contributed by atoms with E-state index in [1.807, 2.05) is 20.8 Å². The van der Waals surface area contributed by atoms with Gasteiger partial charge in [0.05, 0.1) is 0 Å². The monoisotopic (exact) mass is 145 g/mol. The quantitative estimate of drug-likeness (QED) is 0.292. The minimum absolute atomic E-state index is 0.177. The van der Waals surface area contributed by atoms with Crippen LogP contribution in [0.5, 0.6) is 0 Å². The Bertz CT molecular complexity index is 127. The van der Waals surface area contributed by atoms with E-state index in [1.165, 1.54) is 4.90 Å². The predicted octanol–water partition coefficient (Wildman–Crippen LogP) is 0.300. The molecule has 0 aromatic rings. The van der Waals surface area contributed by atoms with Crippen molar-refractivity contribution >= 4 is 6.03 Å². The normalized spacial score (nSPS) is 10.9. The van der Waals surface area contributed by atoms with Gasteiger partial charge in [0, 0.05) is 12.6 Å². The van der Waals surface area contributed by atoms with E-state index in [4.69, 9.17) is 5.84 Å². The molecule has 3 N–H and O–H groups in total. The van der Waals surface area contributed by atoms with Gasteiger partial charge in [0.1, 0.15) is 0 Å². The highest BCUT2D eigenvalue weighted by atomic mass is 16.2. The van der Waals surface area contributed by atoms with Crippen LogP contribution >= 0.6 is 0 Å². The number of hydrazine groups is 1. The Labute approximate surface area is 61.3 Å². The van der Waals surface area contributed by atoms with Crippen molar-refractivity contribution in [3.63, 3.8) is 0 Å². The highest BCUT2D eigenvalue weighted by molar-refractivity contribution is 5.73. The second-order valence-electron chi connectivity index (χ2n) is 3.18. The van der Waals surface area contributed by atoms with Gasteiger partial charge in [0.2, 0.25) is 0 Å². The first-order valence-corrected chi connectivity index (χ1v) is 3.14. The van der Waals surface area contributed by atoms with Crippen molar-refractivity contribution in [2.75, 3.05) is 7.05 Å². The number of rotatable bonds is 0. The molecule has 0 aliphatic rings. The standard InChI is InChI=1S/C6H15N3O/c1-6(2,3)9(4)5(10)8-7/h7H2,1-4H3,(H,8,10). The fourth-order valence-corrected chi connectivity index (χ4v) is 0.401. The van der Waals surface area contributed by atoms with Gasteiger partial charge in [-0.25, -0.2) is 10.6 Å². The van der Waals surface area contributed by atoms with E-state index in [1.54, 1.807) is 7.05 Å². The molecule has 0 unspecified atom stereocenters. The van der Waals surface area contributed by atoms with Gasteiger partial charge in [-0.2, -0.15) is 0 Å². The Hall–Kier alpha value is -0.770. The van der Waals surface area contributed by atoms with Crippen LogP contribution in [-0.2, 0) is 0 Å². The summed E-state index contributed by atoms with van der Waals surface area (Å²) in [5, 5.41) is 0. The highest BCUT2D eigenvalue weighted by Crippen LogP contribution is 2.09. The van der Waals surface area contributed by atoms with Crippen molar-refractivity contribution in [2.45, 2.75) is 26.3 Å². The van der Waals surface area contributed by atoms with Crippen molar-refractivity contribution in [1.29, 1.82) is 0 Å². The van der Waals surface area contributed by atoms with E-state index < -0.39 is 0 Å². The van der Waals surface area contributed by atoms with Crippen molar-refractivity contribution in [1.82, 2.24) is 10.3 Å². The Morgan fingerprint density at radius 3 is 2.00 bits per heavy atom. The molecule has 10 heavy (non-hydrogen) atoms. The molecule has 0 saturated heterocycles. The third kappa shape index (κ3) is 2.23. The molecule has 0 atom stereocenters. The molecule has 4 nitrogen and oxygen atoms in total. The average Bonchev–Trinajstić information content (AvgIpc) is 1.83. The van der Waals surface area contributed by atoms with Gasteiger partial charge in [-0.1, -0.05) is 0 Å². The van der Waals surface area contributed by atoms with Crippen molar-refractivity contribution < 1.29 is 4.79 Å². The summed E-state index contributed by atoms with van der Waals surface area (Å²) in [6.07, 6.45) is 0. The molecule has 0 aromatic carbocycles. The molecule has 0 aromatic heterocycles. The molecule has 0 heterocycles. The summed E-state index contributed by atoms with van der Waals surface area (Å²) in [5.74, 6) is 4.93. The van der Waals surface area contributed by atoms with Gasteiger partial charge < -0.3 is 4.90 Å². The lowest BCUT2D eigenvalue weighted by molar-refractivity contribution is 0.166. The maximum absolute atomic E-state index is 10.8. The first-order chi connectivity index (χ1) is 4.39. The van der Waals surface area contributed by atoms with Crippen LogP contribution in [-0.4, -0.2) is 23.5 Å². The largest absolute Gasteiger partial charge is 0.331 e. The van der Waals surface area contributed by atoms with Crippen LogP contribution in [0, 0.1) is 0 Å². The minimum Gasteiger partial charge on any atom is -0.322 e. The molecule has 0 spiro atoms.